The monoisotopic (exact) mass is 343 g/mol. The summed E-state index contributed by atoms with van der Waals surface area (Å²) in [7, 11) is 0. The van der Waals surface area contributed by atoms with Crippen LogP contribution in [-0.2, 0) is 0 Å². The zero-order valence-electron chi connectivity index (χ0n) is 10.3. The minimum Gasteiger partial charge on any atom is -0.349 e. The zero-order valence-corrected chi connectivity index (χ0v) is 12.5. The highest BCUT2D eigenvalue weighted by Crippen LogP contribution is 2.34. The van der Waals surface area contributed by atoms with Crippen LogP contribution < -0.4 is 5.32 Å². The van der Waals surface area contributed by atoms with E-state index in [-0.39, 0.29) is 5.91 Å². The van der Waals surface area contributed by atoms with Crippen LogP contribution in [0.4, 0.5) is 0 Å². The average Bonchev–Trinajstić information content (AvgIpc) is 3.01. The molecule has 0 aromatic heterocycles. The fourth-order valence-corrected chi connectivity index (χ4v) is 2.79. The van der Waals surface area contributed by atoms with E-state index < -0.39 is 0 Å². The first kappa shape index (κ1) is 12.9. The fraction of sp³-hybridized carbons (Fsp3) is 0.500. The summed E-state index contributed by atoms with van der Waals surface area (Å²) in [5, 5.41) is 3.13. The molecule has 1 aromatic rings. The predicted octanol–water partition coefficient (Wildman–Crippen LogP) is 3.52. The third kappa shape index (κ3) is 3.00. The SMILES string of the molecule is CCCC1CC1NC(=O)c1cccc(C)c1I. The molecule has 0 radical (unpaired) electrons. The quantitative estimate of drug-likeness (QED) is 0.833. The van der Waals surface area contributed by atoms with Gasteiger partial charge in [0.25, 0.3) is 5.91 Å². The molecule has 0 heterocycles. The zero-order chi connectivity index (χ0) is 12.4. The molecule has 92 valence electrons. The Morgan fingerprint density at radius 3 is 3.00 bits per heavy atom. The van der Waals surface area contributed by atoms with Crippen LogP contribution in [0.5, 0.6) is 0 Å². The molecule has 17 heavy (non-hydrogen) atoms. The van der Waals surface area contributed by atoms with Crippen LogP contribution in [0.25, 0.3) is 0 Å². The van der Waals surface area contributed by atoms with Crippen LogP contribution in [0.1, 0.15) is 42.1 Å². The number of benzene rings is 1. The van der Waals surface area contributed by atoms with Crippen molar-refractivity contribution in [2.24, 2.45) is 5.92 Å². The highest BCUT2D eigenvalue weighted by Gasteiger charge is 2.37. The highest BCUT2D eigenvalue weighted by atomic mass is 127. The Kier molecular flexibility index (Phi) is 4.07. The first-order valence-corrected chi connectivity index (χ1v) is 7.27. The van der Waals surface area contributed by atoms with Gasteiger partial charge in [0.1, 0.15) is 0 Å². The Bertz CT molecular complexity index is 430. The van der Waals surface area contributed by atoms with Crippen molar-refractivity contribution in [3.8, 4) is 0 Å². The third-order valence-corrected chi connectivity index (χ3v) is 4.77. The van der Waals surface area contributed by atoms with E-state index in [1.54, 1.807) is 0 Å². The lowest BCUT2D eigenvalue weighted by atomic mass is 10.1. The van der Waals surface area contributed by atoms with Crippen molar-refractivity contribution in [1.82, 2.24) is 5.32 Å². The highest BCUT2D eigenvalue weighted by molar-refractivity contribution is 14.1. The Morgan fingerprint density at radius 1 is 1.53 bits per heavy atom. The number of halogens is 1. The van der Waals surface area contributed by atoms with Crippen molar-refractivity contribution >= 4 is 28.5 Å². The average molecular weight is 343 g/mol. The second-order valence-electron chi connectivity index (χ2n) is 4.80. The van der Waals surface area contributed by atoms with Gasteiger partial charge in [-0.05, 0) is 59.9 Å². The van der Waals surface area contributed by atoms with Crippen LogP contribution in [0.3, 0.4) is 0 Å². The van der Waals surface area contributed by atoms with Crippen molar-refractivity contribution in [3.63, 3.8) is 0 Å². The Labute approximate surface area is 116 Å². The summed E-state index contributed by atoms with van der Waals surface area (Å²) >= 11 is 2.25. The predicted molar refractivity (Wildman–Crippen MR) is 78.2 cm³/mol. The van der Waals surface area contributed by atoms with Gasteiger partial charge in [0.05, 0.1) is 5.56 Å². The number of hydrogen-bond donors (Lipinski definition) is 1. The van der Waals surface area contributed by atoms with E-state index in [0.29, 0.717) is 12.0 Å². The third-order valence-electron chi connectivity index (χ3n) is 3.33. The molecule has 1 amide bonds. The van der Waals surface area contributed by atoms with Gasteiger partial charge in [-0.1, -0.05) is 25.5 Å². The number of rotatable bonds is 4. The molecule has 2 atom stereocenters. The van der Waals surface area contributed by atoms with Gasteiger partial charge in [0.2, 0.25) is 0 Å². The fourth-order valence-electron chi connectivity index (χ4n) is 2.18. The molecule has 2 rings (SSSR count). The van der Waals surface area contributed by atoms with Crippen LogP contribution >= 0.6 is 22.6 Å². The molecule has 1 aromatic carbocycles. The van der Waals surface area contributed by atoms with Gasteiger partial charge in [-0.25, -0.2) is 0 Å². The maximum Gasteiger partial charge on any atom is 0.252 e. The second-order valence-corrected chi connectivity index (χ2v) is 5.88. The van der Waals surface area contributed by atoms with Crippen molar-refractivity contribution in [2.75, 3.05) is 0 Å². The van der Waals surface area contributed by atoms with E-state index >= 15 is 0 Å². The van der Waals surface area contributed by atoms with Crippen LogP contribution in [0.15, 0.2) is 18.2 Å². The number of hydrogen-bond acceptors (Lipinski definition) is 1. The normalized spacial score (nSPS) is 22.3. The van der Waals surface area contributed by atoms with Crippen molar-refractivity contribution in [3.05, 3.63) is 32.9 Å². The lowest BCUT2D eigenvalue weighted by Crippen LogP contribution is -2.27. The summed E-state index contributed by atoms with van der Waals surface area (Å²) in [6.45, 7) is 4.23. The summed E-state index contributed by atoms with van der Waals surface area (Å²) in [6.07, 6.45) is 3.59. The van der Waals surface area contributed by atoms with Crippen LogP contribution in [-0.4, -0.2) is 11.9 Å². The van der Waals surface area contributed by atoms with E-state index in [2.05, 4.69) is 34.8 Å². The number of aryl methyl sites for hydroxylation is 1. The first-order chi connectivity index (χ1) is 8.13. The Hall–Kier alpha value is -0.580. The topological polar surface area (TPSA) is 29.1 Å². The lowest BCUT2D eigenvalue weighted by molar-refractivity contribution is 0.0948. The van der Waals surface area contributed by atoms with Crippen molar-refractivity contribution in [1.29, 1.82) is 0 Å². The van der Waals surface area contributed by atoms with Gasteiger partial charge in [0, 0.05) is 9.61 Å². The van der Waals surface area contributed by atoms with E-state index in [1.165, 1.54) is 18.4 Å². The van der Waals surface area contributed by atoms with Gasteiger partial charge >= 0.3 is 0 Å². The molecule has 1 fully saturated rings. The van der Waals surface area contributed by atoms with E-state index in [0.717, 1.165) is 15.6 Å². The van der Waals surface area contributed by atoms with Crippen molar-refractivity contribution in [2.45, 2.75) is 39.2 Å². The summed E-state index contributed by atoms with van der Waals surface area (Å²) in [4.78, 5) is 12.1. The Morgan fingerprint density at radius 2 is 2.29 bits per heavy atom. The molecule has 0 spiro atoms. The smallest absolute Gasteiger partial charge is 0.252 e. The van der Waals surface area contributed by atoms with Gasteiger partial charge in [-0.3, -0.25) is 4.79 Å². The summed E-state index contributed by atoms with van der Waals surface area (Å²) in [5.74, 6) is 0.799. The maximum absolute atomic E-state index is 12.1. The van der Waals surface area contributed by atoms with E-state index in [1.807, 2.05) is 25.1 Å². The molecule has 1 saturated carbocycles. The summed E-state index contributed by atoms with van der Waals surface area (Å²) < 4.78 is 1.07. The lowest BCUT2D eigenvalue weighted by Gasteiger charge is -2.08. The Balaban J connectivity index is 1.99. The summed E-state index contributed by atoms with van der Waals surface area (Å²) in [5.41, 5.74) is 1.98. The van der Waals surface area contributed by atoms with Gasteiger partial charge < -0.3 is 5.32 Å². The van der Waals surface area contributed by atoms with Gasteiger partial charge in [-0.2, -0.15) is 0 Å². The molecule has 2 nitrogen and oxygen atoms in total. The number of carbonyl (C=O) groups is 1. The van der Waals surface area contributed by atoms with E-state index in [4.69, 9.17) is 0 Å². The standard InChI is InChI=1S/C14H18INO/c1-3-5-10-8-12(10)16-14(17)11-7-4-6-9(2)13(11)15/h4,6-7,10,12H,3,5,8H2,1-2H3,(H,16,17). The van der Waals surface area contributed by atoms with Gasteiger partial charge in [-0.15, -0.1) is 0 Å². The van der Waals surface area contributed by atoms with Crippen LogP contribution in [0, 0.1) is 16.4 Å². The number of nitrogens with one attached hydrogen (secondary N) is 1. The summed E-state index contributed by atoms with van der Waals surface area (Å²) in [6, 6.07) is 6.30. The first-order valence-electron chi connectivity index (χ1n) is 6.19. The molecular weight excluding hydrogens is 325 g/mol. The van der Waals surface area contributed by atoms with Crippen molar-refractivity contribution < 1.29 is 4.79 Å². The molecule has 1 aliphatic carbocycles. The molecular formula is C14H18INO. The molecule has 0 aliphatic heterocycles. The molecule has 0 bridgehead atoms. The number of amides is 1. The second kappa shape index (κ2) is 5.38. The van der Waals surface area contributed by atoms with Crippen LogP contribution in [0.2, 0.25) is 0 Å². The molecule has 2 unspecified atom stereocenters. The molecule has 3 heteroatoms. The maximum atomic E-state index is 12.1. The number of carbonyl (C=O) groups excluding carboxylic acids is 1. The van der Waals surface area contributed by atoms with E-state index in [9.17, 15) is 4.79 Å². The largest absolute Gasteiger partial charge is 0.349 e. The minimum atomic E-state index is 0.0849. The molecule has 0 saturated heterocycles. The van der Waals surface area contributed by atoms with Gasteiger partial charge in [0.15, 0.2) is 0 Å². The molecule has 1 N–H and O–H groups in total. The molecule has 1 aliphatic rings. The minimum absolute atomic E-state index is 0.0849.